The quantitative estimate of drug-likeness (QED) is 0.632. The van der Waals surface area contributed by atoms with E-state index < -0.39 is 11.4 Å². The van der Waals surface area contributed by atoms with E-state index in [1.807, 2.05) is 12.3 Å². The molecule has 1 rings (SSSR count). The van der Waals surface area contributed by atoms with Crippen molar-refractivity contribution in [1.29, 1.82) is 0 Å². The van der Waals surface area contributed by atoms with Crippen molar-refractivity contribution in [2.45, 2.75) is 20.4 Å². The highest BCUT2D eigenvalue weighted by Crippen LogP contribution is 2.21. The van der Waals surface area contributed by atoms with Crippen LogP contribution in [0.3, 0.4) is 0 Å². The fourth-order valence-electron chi connectivity index (χ4n) is 1.62. The van der Waals surface area contributed by atoms with E-state index in [2.05, 4.69) is 9.72 Å². The summed E-state index contributed by atoms with van der Waals surface area (Å²) in [5.41, 5.74) is -0.165. The van der Waals surface area contributed by atoms with Gasteiger partial charge in [-0.25, -0.2) is 0 Å². The first kappa shape index (κ1) is 13.3. The molecule has 0 saturated carbocycles. The van der Waals surface area contributed by atoms with Crippen LogP contribution in [0.25, 0.3) is 0 Å². The summed E-state index contributed by atoms with van der Waals surface area (Å²) in [6.45, 7) is 3.59. The van der Waals surface area contributed by atoms with Gasteiger partial charge in [-0.15, -0.1) is 0 Å². The summed E-state index contributed by atoms with van der Waals surface area (Å²) in [6, 6.07) is 1.88. The number of H-pyrrole nitrogens is 1. The third kappa shape index (κ3) is 2.87. The van der Waals surface area contributed by atoms with E-state index in [-0.39, 0.29) is 5.91 Å². The summed E-state index contributed by atoms with van der Waals surface area (Å²) in [5.74, 6) is -0.783. The molecule has 0 aliphatic rings. The van der Waals surface area contributed by atoms with Crippen LogP contribution in [0.4, 0.5) is 0 Å². The van der Waals surface area contributed by atoms with Crippen LogP contribution >= 0.6 is 0 Å². The molecule has 1 amide bonds. The molecule has 1 aromatic heterocycles. The lowest BCUT2D eigenvalue weighted by Crippen LogP contribution is -2.43. The van der Waals surface area contributed by atoms with Crippen LogP contribution in [0.15, 0.2) is 18.5 Å². The molecule has 17 heavy (non-hydrogen) atoms. The molecule has 0 atom stereocenters. The minimum Gasteiger partial charge on any atom is -0.468 e. The number of nitrogens with zero attached hydrogens (tertiary/aromatic N) is 1. The van der Waals surface area contributed by atoms with Crippen LogP contribution < -0.4 is 0 Å². The summed E-state index contributed by atoms with van der Waals surface area (Å²) in [5, 5.41) is 0. The van der Waals surface area contributed by atoms with E-state index in [4.69, 9.17) is 0 Å². The van der Waals surface area contributed by atoms with Crippen LogP contribution in [-0.2, 0) is 20.9 Å². The molecule has 0 aromatic carbocycles. The van der Waals surface area contributed by atoms with E-state index in [9.17, 15) is 9.59 Å². The zero-order valence-electron chi connectivity index (χ0n) is 10.6. The highest BCUT2D eigenvalue weighted by molar-refractivity contribution is 6.01. The van der Waals surface area contributed by atoms with Crippen molar-refractivity contribution in [2.24, 2.45) is 5.41 Å². The van der Waals surface area contributed by atoms with Gasteiger partial charge in [-0.1, -0.05) is 0 Å². The molecule has 0 spiro atoms. The molecule has 0 aliphatic carbocycles. The number of rotatable bonds is 4. The maximum absolute atomic E-state index is 12.1. The first-order valence-electron chi connectivity index (χ1n) is 5.35. The van der Waals surface area contributed by atoms with E-state index in [1.165, 1.54) is 12.0 Å². The smallest absolute Gasteiger partial charge is 0.320 e. The Morgan fingerprint density at radius 3 is 2.59 bits per heavy atom. The highest BCUT2D eigenvalue weighted by Gasteiger charge is 2.39. The van der Waals surface area contributed by atoms with Crippen molar-refractivity contribution in [3.8, 4) is 0 Å². The van der Waals surface area contributed by atoms with Gasteiger partial charge in [-0.2, -0.15) is 0 Å². The Labute approximate surface area is 101 Å². The first-order chi connectivity index (χ1) is 7.89. The molecule has 0 unspecified atom stereocenters. The highest BCUT2D eigenvalue weighted by atomic mass is 16.5. The first-order valence-corrected chi connectivity index (χ1v) is 5.35. The molecule has 0 bridgehead atoms. The number of nitrogens with one attached hydrogen (secondary N) is 1. The van der Waals surface area contributed by atoms with Gasteiger partial charge in [0.25, 0.3) is 0 Å². The van der Waals surface area contributed by atoms with Gasteiger partial charge in [-0.05, 0) is 25.5 Å². The van der Waals surface area contributed by atoms with E-state index >= 15 is 0 Å². The van der Waals surface area contributed by atoms with Crippen molar-refractivity contribution in [3.63, 3.8) is 0 Å². The van der Waals surface area contributed by atoms with Gasteiger partial charge in [0.15, 0.2) is 0 Å². The second-order valence-electron chi connectivity index (χ2n) is 4.50. The van der Waals surface area contributed by atoms with Crippen molar-refractivity contribution in [3.05, 3.63) is 24.0 Å². The standard InChI is InChI=1S/C12H18N2O3/c1-12(2,11(16)17-4)10(15)14(3)8-9-5-6-13-7-9/h5-7,13H,8H2,1-4H3. The van der Waals surface area contributed by atoms with Crippen LogP contribution in [0, 0.1) is 5.41 Å². The Bertz CT molecular complexity index is 396. The average molecular weight is 238 g/mol. The van der Waals surface area contributed by atoms with Gasteiger partial charge in [0.05, 0.1) is 7.11 Å². The van der Waals surface area contributed by atoms with Gasteiger partial charge in [-0.3, -0.25) is 9.59 Å². The van der Waals surface area contributed by atoms with Crippen LogP contribution in [0.1, 0.15) is 19.4 Å². The predicted molar refractivity (Wildman–Crippen MR) is 63.1 cm³/mol. The van der Waals surface area contributed by atoms with Crippen molar-refractivity contribution in [2.75, 3.05) is 14.2 Å². The Hall–Kier alpha value is -1.78. The average Bonchev–Trinajstić information content (AvgIpc) is 2.79. The molecule has 1 heterocycles. The molecule has 5 nitrogen and oxygen atoms in total. The topological polar surface area (TPSA) is 62.4 Å². The van der Waals surface area contributed by atoms with Crippen LogP contribution in [0.2, 0.25) is 0 Å². The summed E-state index contributed by atoms with van der Waals surface area (Å²) in [6.07, 6.45) is 3.61. The van der Waals surface area contributed by atoms with Gasteiger partial charge in [0.1, 0.15) is 5.41 Å². The fourth-order valence-corrected chi connectivity index (χ4v) is 1.62. The lowest BCUT2D eigenvalue weighted by molar-refractivity contribution is -0.160. The summed E-state index contributed by atoms with van der Waals surface area (Å²) in [7, 11) is 2.95. The lowest BCUT2D eigenvalue weighted by atomic mass is 9.92. The largest absolute Gasteiger partial charge is 0.468 e. The van der Waals surface area contributed by atoms with Crippen molar-refractivity contribution < 1.29 is 14.3 Å². The third-order valence-corrected chi connectivity index (χ3v) is 2.66. The number of aromatic nitrogens is 1. The number of carbonyl (C=O) groups is 2. The Morgan fingerprint density at radius 2 is 2.12 bits per heavy atom. The van der Waals surface area contributed by atoms with Gasteiger partial charge in [0, 0.05) is 26.0 Å². The summed E-state index contributed by atoms with van der Waals surface area (Å²) < 4.78 is 4.63. The monoisotopic (exact) mass is 238 g/mol. The molecule has 1 aromatic rings. The van der Waals surface area contributed by atoms with E-state index in [0.29, 0.717) is 6.54 Å². The minimum absolute atomic E-state index is 0.259. The van der Waals surface area contributed by atoms with Crippen molar-refractivity contribution >= 4 is 11.9 Å². The summed E-state index contributed by atoms with van der Waals surface area (Å²) in [4.78, 5) is 28.0. The number of methoxy groups -OCH3 is 1. The second kappa shape index (κ2) is 5.03. The molecular formula is C12H18N2O3. The number of hydrogen-bond donors (Lipinski definition) is 1. The van der Waals surface area contributed by atoms with E-state index in [1.54, 1.807) is 27.1 Å². The molecule has 0 aliphatic heterocycles. The Kier molecular flexibility index (Phi) is 3.93. The Morgan fingerprint density at radius 1 is 1.47 bits per heavy atom. The number of hydrogen-bond acceptors (Lipinski definition) is 3. The maximum atomic E-state index is 12.1. The van der Waals surface area contributed by atoms with Crippen LogP contribution in [-0.4, -0.2) is 35.9 Å². The van der Waals surface area contributed by atoms with Crippen molar-refractivity contribution in [1.82, 2.24) is 9.88 Å². The SMILES string of the molecule is COC(=O)C(C)(C)C(=O)N(C)Cc1cc[nH]c1. The number of esters is 1. The molecule has 1 N–H and O–H groups in total. The van der Waals surface area contributed by atoms with Crippen LogP contribution in [0.5, 0.6) is 0 Å². The Balaban J connectivity index is 2.72. The van der Waals surface area contributed by atoms with E-state index in [0.717, 1.165) is 5.56 Å². The van der Waals surface area contributed by atoms with Gasteiger partial charge >= 0.3 is 5.97 Å². The predicted octanol–water partition coefficient (Wildman–Crippen LogP) is 1.17. The lowest BCUT2D eigenvalue weighted by Gasteiger charge is -2.26. The molecule has 0 fully saturated rings. The zero-order chi connectivity index (χ0) is 13.1. The number of ether oxygens (including phenoxy) is 1. The third-order valence-electron chi connectivity index (χ3n) is 2.66. The minimum atomic E-state index is -1.15. The normalized spacial score (nSPS) is 11.1. The molecular weight excluding hydrogens is 220 g/mol. The number of amides is 1. The maximum Gasteiger partial charge on any atom is 0.320 e. The molecule has 94 valence electrons. The number of aromatic amines is 1. The molecule has 5 heteroatoms. The fraction of sp³-hybridized carbons (Fsp3) is 0.500. The molecule has 0 saturated heterocycles. The second-order valence-corrected chi connectivity index (χ2v) is 4.50. The van der Waals surface area contributed by atoms with Gasteiger partial charge in [0.2, 0.25) is 5.91 Å². The summed E-state index contributed by atoms with van der Waals surface area (Å²) >= 11 is 0. The van der Waals surface area contributed by atoms with Gasteiger partial charge < -0.3 is 14.6 Å². The number of carbonyl (C=O) groups excluding carboxylic acids is 2. The molecule has 0 radical (unpaired) electrons. The zero-order valence-corrected chi connectivity index (χ0v) is 10.6.